The van der Waals surface area contributed by atoms with Gasteiger partial charge in [0.1, 0.15) is 23.7 Å². The number of hydrogen-bond acceptors (Lipinski definition) is 10. The van der Waals surface area contributed by atoms with E-state index in [0.717, 1.165) is 11.3 Å². The first kappa shape index (κ1) is 31.5. The summed E-state index contributed by atoms with van der Waals surface area (Å²) >= 11 is 0. The second kappa shape index (κ2) is 15.2. The smallest absolute Gasteiger partial charge is 0.312 e. The van der Waals surface area contributed by atoms with Crippen molar-refractivity contribution < 1.29 is 42.8 Å². The number of ketones is 1. The molecule has 0 unspecified atom stereocenters. The summed E-state index contributed by atoms with van der Waals surface area (Å²) in [4.78, 5) is 42.6. The summed E-state index contributed by atoms with van der Waals surface area (Å²) in [6.45, 7) is 3.33. The van der Waals surface area contributed by atoms with E-state index >= 15 is 0 Å². The predicted molar refractivity (Wildman–Crippen MR) is 157 cm³/mol. The molecule has 1 saturated heterocycles. The highest BCUT2D eigenvalue weighted by molar-refractivity contribution is 6.00. The number of cyclic esters (lactones) is 1. The molecule has 2 aromatic carbocycles. The van der Waals surface area contributed by atoms with Crippen LogP contribution in [0.25, 0.3) is 0 Å². The summed E-state index contributed by atoms with van der Waals surface area (Å²) in [5, 5.41) is 0. The fraction of sp³-hybridized carbons (Fsp3) is 0.394. The van der Waals surface area contributed by atoms with Gasteiger partial charge >= 0.3 is 11.9 Å². The number of nitrogens with zero attached hydrogens (tertiary/aromatic N) is 1. The third-order valence-corrected chi connectivity index (χ3v) is 7.22. The molecule has 228 valence electrons. The van der Waals surface area contributed by atoms with Gasteiger partial charge in [-0.2, -0.15) is 0 Å². The van der Waals surface area contributed by atoms with Gasteiger partial charge in [-0.3, -0.25) is 14.4 Å². The first-order valence-electron chi connectivity index (χ1n) is 14.2. The van der Waals surface area contributed by atoms with Crippen LogP contribution in [0.5, 0.6) is 23.0 Å². The molecule has 1 aromatic heterocycles. The van der Waals surface area contributed by atoms with Crippen LogP contribution in [0.2, 0.25) is 0 Å². The minimum atomic E-state index is -0.913. The number of hydrogen-bond donors (Lipinski definition) is 0. The Labute approximate surface area is 251 Å². The van der Waals surface area contributed by atoms with Crippen molar-refractivity contribution in [2.75, 3.05) is 27.4 Å². The van der Waals surface area contributed by atoms with Crippen LogP contribution in [-0.4, -0.2) is 62.3 Å². The molecule has 4 rings (SSSR count). The Morgan fingerprint density at radius 2 is 1.72 bits per heavy atom. The van der Waals surface area contributed by atoms with E-state index in [4.69, 9.17) is 28.4 Å². The molecule has 1 aliphatic heterocycles. The first-order chi connectivity index (χ1) is 20.8. The lowest BCUT2D eigenvalue weighted by Crippen LogP contribution is -2.43. The highest BCUT2D eigenvalue weighted by Gasteiger charge is 2.36. The van der Waals surface area contributed by atoms with Gasteiger partial charge in [-0.05, 0) is 49.6 Å². The minimum absolute atomic E-state index is 0.0242. The molecule has 10 heteroatoms. The lowest BCUT2D eigenvalue weighted by Gasteiger charge is -2.34. The number of Topliss-reactive ketones (excluding diaryl/α,β-unsaturated/α-hetero) is 1. The van der Waals surface area contributed by atoms with Gasteiger partial charge < -0.3 is 28.4 Å². The van der Waals surface area contributed by atoms with E-state index in [1.165, 1.54) is 26.3 Å². The Kier molecular flexibility index (Phi) is 11.1. The monoisotopic (exact) mass is 591 g/mol. The van der Waals surface area contributed by atoms with E-state index in [2.05, 4.69) is 4.98 Å². The SMILES string of the molecule is COc1ccc(C[C@H]2CCOC[C@H](CC(=O)c3nccc(OC)c3OC(C)=O)C(=O)O[C@@H](C)[C@@H]2Oc2ccccc2)cc1. The van der Waals surface area contributed by atoms with E-state index in [9.17, 15) is 14.4 Å². The van der Waals surface area contributed by atoms with Crippen molar-refractivity contribution in [1.29, 1.82) is 0 Å². The van der Waals surface area contributed by atoms with Crippen molar-refractivity contribution >= 4 is 17.7 Å². The Balaban J connectivity index is 1.55. The van der Waals surface area contributed by atoms with Gasteiger partial charge in [0.25, 0.3) is 0 Å². The quantitative estimate of drug-likeness (QED) is 0.239. The molecular weight excluding hydrogens is 554 g/mol. The summed E-state index contributed by atoms with van der Waals surface area (Å²) < 4.78 is 34.1. The summed E-state index contributed by atoms with van der Waals surface area (Å²) in [7, 11) is 3.01. The molecule has 1 aliphatic rings. The maximum atomic E-state index is 13.5. The zero-order valence-corrected chi connectivity index (χ0v) is 24.8. The number of rotatable bonds is 10. The fourth-order valence-electron chi connectivity index (χ4n) is 5.05. The molecule has 0 radical (unpaired) electrons. The van der Waals surface area contributed by atoms with Gasteiger partial charge in [0, 0.05) is 38.1 Å². The molecular formula is C33H37NO9. The lowest BCUT2D eigenvalue weighted by molar-refractivity contribution is -0.163. The van der Waals surface area contributed by atoms with Crippen molar-refractivity contribution in [3.8, 4) is 23.0 Å². The van der Waals surface area contributed by atoms with Gasteiger partial charge in [0.05, 0.1) is 26.7 Å². The van der Waals surface area contributed by atoms with Gasteiger partial charge in [-0.1, -0.05) is 30.3 Å². The molecule has 1 fully saturated rings. The van der Waals surface area contributed by atoms with Gasteiger partial charge in [0.15, 0.2) is 17.2 Å². The maximum Gasteiger partial charge on any atom is 0.312 e. The second-order valence-electron chi connectivity index (χ2n) is 10.3. The fourth-order valence-corrected chi connectivity index (χ4v) is 5.05. The molecule has 10 nitrogen and oxygen atoms in total. The highest BCUT2D eigenvalue weighted by atomic mass is 16.6. The Bertz CT molecular complexity index is 1380. The molecule has 0 aliphatic carbocycles. The second-order valence-corrected chi connectivity index (χ2v) is 10.3. The maximum absolute atomic E-state index is 13.5. The normalized spacial score (nSPS) is 20.8. The van der Waals surface area contributed by atoms with Crippen LogP contribution in [0.4, 0.5) is 0 Å². The minimum Gasteiger partial charge on any atom is -0.497 e. The number of para-hydroxylation sites is 1. The molecule has 0 saturated carbocycles. The van der Waals surface area contributed by atoms with E-state index in [0.29, 0.717) is 25.2 Å². The van der Waals surface area contributed by atoms with E-state index in [1.807, 2.05) is 54.6 Å². The summed E-state index contributed by atoms with van der Waals surface area (Å²) in [6, 6.07) is 18.7. The van der Waals surface area contributed by atoms with Crippen molar-refractivity contribution in [2.24, 2.45) is 11.8 Å². The number of ether oxygens (including phenoxy) is 6. The van der Waals surface area contributed by atoms with Crippen molar-refractivity contribution in [3.05, 3.63) is 78.1 Å². The van der Waals surface area contributed by atoms with Gasteiger partial charge in [-0.25, -0.2) is 4.98 Å². The zero-order valence-electron chi connectivity index (χ0n) is 24.8. The van der Waals surface area contributed by atoms with E-state index < -0.39 is 35.8 Å². The summed E-state index contributed by atoms with van der Waals surface area (Å²) in [5.41, 5.74) is 0.971. The number of carbonyl (C=O) groups excluding carboxylic acids is 3. The van der Waals surface area contributed by atoms with Crippen LogP contribution in [-0.2, 0) is 25.5 Å². The van der Waals surface area contributed by atoms with Gasteiger partial charge in [0.2, 0.25) is 5.75 Å². The van der Waals surface area contributed by atoms with Crippen LogP contribution in [0.15, 0.2) is 66.9 Å². The number of esters is 2. The number of methoxy groups -OCH3 is 2. The van der Waals surface area contributed by atoms with Crippen LogP contribution in [0.1, 0.15) is 42.7 Å². The molecule has 4 atom stereocenters. The predicted octanol–water partition coefficient (Wildman–Crippen LogP) is 4.87. The molecule has 0 N–H and O–H groups in total. The summed E-state index contributed by atoms with van der Waals surface area (Å²) in [6.07, 6.45) is 1.26. The average Bonchev–Trinajstić information content (AvgIpc) is 3.00. The molecule has 0 bridgehead atoms. The number of carbonyl (C=O) groups is 3. The number of pyridine rings is 1. The van der Waals surface area contributed by atoms with E-state index in [1.54, 1.807) is 14.0 Å². The van der Waals surface area contributed by atoms with Crippen molar-refractivity contribution in [3.63, 3.8) is 0 Å². The molecule has 2 heterocycles. The highest BCUT2D eigenvalue weighted by Crippen LogP contribution is 2.32. The molecule has 43 heavy (non-hydrogen) atoms. The number of benzene rings is 2. The molecule has 3 aromatic rings. The molecule has 0 amide bonds. The largest absolute Gasteiger partial charge is 0.497 e. The Morgan fingerprint density at radius 1 is 0.977 bits per heavy atom. The van der Waals surface area contributed by atoms with Crippen LogP contribution >= 0.6 is 0 Å². The Morgan fingerprint density at radius 3 is 2.40 bits per heavy atom. The summed E-state index contributed by atoms with van der Waals surface area (Å²) in [5.74, 6) is -1.21. The van der Waals surface area contributed by atoms with Crippen LogP contribution in [0, 0.1) is 11.8 Å². The lowest BCUT2D eigenvalue weighted by atomic mass is 9.88. The van der Waals surface area contributed by atoms with Crippen LogP contribution in [0.3, 0.4) is 0 Å². The topological polar surface area (TPSA) is 119 Å². The van der Waals surface area contributed by atoms with E-state index in [-0.39, 0.29) is 36.1 Å². The Hall–Kier alpha value is -4.44. The first-order valence-corrected chi connectivity index (χ1v) is 14.2. The van der Waals surface area contributed by atoms with Gasteiger partial charge in [-0.15, -0.1) is 0 Å². The number of aromatic nitrogens is 1. The third-order valence-electron chi connectivity index (χ3n) is 7.22. The zero-order chi connectivity index (χ0) is 30.8. The van der Waals surface area contributed by atoms with Crippen molar-refractivity contribution in [2.45, 2.75) is 45.3 Å². The van der Waals surface area contributed by atoms with Crippen molar-refractivity contribution in [1.82, 2.24) is 4.98 Å². The third kappa shape index (κ3) is 8.54. The standard InChI is InChI=1S/C33H37NO9/c1-21-31(43-27-8-6-5-7-9-27)24(18-23-10-12-26(38-3)13-11-23)15-17-40-20-25(33(37)41-21)19-28(36)30-32(42-22(2)35)29(39-4)14-16-34-30/h5-14,16,21,24-25,31H,15,17-20H2,1-4H3/t21-,24+,25-,31-/m0/s1. The average molecular weight is 592 g/mol. The van der Waals surface area contributed by atoms with Crippen LogP contribution < -0.4 is 18.9 Å². The molecule has 0 spiro atoms.